The van der Waals surface area contributed by atoms with Gasteiger partial charge in [0.1, 0.15) is 0 Å². The Balaban J connectivity index is 0.000000963. The van der Waals surface area contributed by atoms with Crippen LogP contribution in [0.3, 0.4) is 0 Å². The van der Waals surface area contributed by atoms with Gasteiger partial charge in [0.2, 0.25) is 0 Å². The second-order valence-corrected chi connectivity index (χ2v) is 4.15. The first-order valence-corrected chi connectivity index (χ1v) is 5.17. The molecule has 0 fully saturated rings. The van der Waals surface area contributed by atoms with Crippen molar-refractivity contribution in [1.29, 1.82) is 0 Å². The molecule has 3 aromatic rings. The molecule has 0 aliphatic carbocycles. The summed E-state index contributed by atoms with van der Waals surface area (Å²) in [5.41, 5.74) is 4.78. The minimum Gasteiger partial charge on any atom is -0.657 e. The van der Waals surface area contributed by atoms with Crippen molar-refractivity contribution in [2.75, 3.05) is 0 Å². The standard InChI is InChI=1S/C14H12N.Y/c1-9-3-5-13-11(7-9)12-8-10(2)4-6-14(12)15-13;/h3-8H,1-2H3;/q-1;. The van der Waals surface area contributed by atoms with Crippen LogP contribution in [0.15, 0.2) is 36.4 Å². The van der Waals surface area contributed by atoms with E-state index in [1.165, 1.54) is 21.9 Å². The number of aryl methyl sites for hydroxylation is 2. The molecule has 0 aliphatic rings. The van der Waals surface area contributed by atoms with Gasteiger partial charge < -0.3 is 4.98 Å². The number of nitrogens with zero attached hydrogens (tertiary/aromatic N) is 1. The molecule has 0 saturated carbocycles. The van der Waals surface area contributed by atoms with Crippen molar-refractivity contribution in [3.63, 3.8) is 0 Å². The van der Waals surface area contributed by atoms with Crippen molar-refractivity contribution >= 4 is 21.8 Å². The second-order valence-electron chi connectivity index (χ2n) is 4.15. The number of aromatic nitrogens is 1. The van der Waals surface area contributed by atoms with Gasteiger partial charge in [-0.2, -0.15) is 0 Å². The van der Waals surface area contributed by atoms with E-state index in [2.05, 4.69) is 55.2 Å². The van der Waals surface area contributed by atoms with Gasteiger partial charge in [0.25, 0.3) is 0 Å². The zero-order valence-corrected chi connectivity index (χ0v) is 12.3. The van der Waals surface area contributed by atoms with Crippen molar-refractivity contribution in [2.24, 2.45) is 0 Å². The van der Waals surface area contributed by atoms with Gasteiger partial charge >= 0.3 is 0 Å². The molecule has 2 aromatic carbocycles. The topological polar surface area (TPSA) is 14.1 Å². The molecule has 1 heterocycles. The second kappa shape index (κ2) is 4.31. The van der Waals surface area contributed by atoms with Gasteiger partial charge in [-0.25, -0.2) is 0 Å². The van der Waals surface area contributed by atoms with Gasteiger partial charge in [-0.05, 0) is 24.6 Å². The van der Waals surface area contributed by atoms with Gasteiger partial charge in [0.05, 0.1) is 0 Å². The molecule has 3 rings (SSSR count). The average molecular weight is 283 g/mol. The van der Waals surface area contributed by atoms with Crippen LogP contribution in [0.1, 0.15) is 11.1 Å². The van der Waals surface area contributed by atoms with E-state index in [0.29, 0.717) is 0 Å². The van der Waals surface area contributed by atoms with Crippen LogP contribution >= 0.6 is 0 Å². The van der Waals surface area contributed by atoms with E-state index in [-0.39, 0.29) is 32.7 Å². The average Bonchev–Trinajstić information content (AvgIpc) is 2.56. The van der Waals surface area contributed by atoms with E-state index in [4.69, 9.17) is 0 Å². The first kappa shape index (κ1) is 11.8. The third kappa shape index (κ3) is 1.83. The van der Waals surface area contributed by atoms with E-state index in [1.54, 1.807) is 0 Å². The van der Waals surface area contributed by atoms with Crippen molar-refractivity contribution < 1.29 is 32.7 Å². The predicted octanol–water partition coefficient (Wildman–Crippen LogP) is 3.56. The smallest absolute Gasteiger partial charge is 0 e. The Morgan fingerprint density at radius 2 is 1.19 bits per heavy atom. The maximum absolute atomic E-state index is 4.60. The number of benzene rings is 2. The summed E-state index contributed by atoms with van der Waals surface area (Å²) < 4.78 is 0. The normalized spacial score (nSPS) is 10.6. The first-order valence-electron chi connectivity index (χ1n) is 5.17. The summed E-state index contributed by atoms with van der Waals surface area (Å²) in [7, 11) is 0. The molecule has 0 aliphatic heterocycles. The quantitative estimate of drug-likeness (QED) is 0.615. The Morgan fingerprint density at radius 1 is 0.750 bits per heavy atom. The summed E-state index contributed by atoms with van der Waals surface area (Å²) in [6.45, 7) is 4.24. The van der Waals surface area contributed by atoms with Crippen molar-refractivity contribution in [3.05, 3.63) is 47.5 Å². The molecule has 0 bridgehead atoms. The van der Waals surface area contributed by atoms with Crippen LogP contribution in [0.4, 0.5) is 0 Å². The molecule has 16 heavy (non-hydrogen) atoms. The summed E-state index contributed by atoms with van der Waals surface area (Å²) >= 11 is 0. The Bertz CT molecular complexity index is 596. The van der Waals surface area contributed by atoms with Gasteiger partial charge in [-0.3, -0.25) is 0 Å². The maximum atomic E-state index is 4.60. The SMILES string of the molecule is Cc1ccc2[n-]c3ccc(C)cc3c2c1.[Y]. The van der Waals surface area contributed by atoms with Gasteiger partial charge in [0, 0.05) is 32.7 Å². The van der Waals surface area contributed by atoms with E-state index >= 15 is 0 Å². The summed E-state index contributed by atoms with van der Waals surface area (Å²) in [6, 6.07) is 12.8. The molecule has 1 aromatic heterocycles. The Morgan fingerprint density at radius 3 is 1.62 bits per heavy atom. The van der Waals surface area contributed by atoms with E-state index < -0.39 is 0 Å². The Labute approximate surface area is 120 Å². The first-order chi connectivity index (χ1) is 7.24. The van der Waals surface area contributed by atoms with Crippen LogP contribution in [0.2, 0.25) is 0 Å². The van der Waals surface area contributed by atoms with Gasteiger partial charge in [-0.15, -0.1) is 11.0 Å². The molecule has 77 valence electrons. The number of hydrogen-bond acceptors (Lipinski definition) is 0. The monoisotopic (exact) mass is 283 g/mol. The molecule has 1 nitrogen and oxygen atoms in total. The molecule has 1 radical (unpaired) electrons. The van der Waals surface area contributed by atoms with Crippen molar-refractivity contribution in [1.82, 2.24) is 4.98 Å². The largest absolute Gasteiger partial charge is 0.657 e. The number of hydrogen-bond donors (Lipinski definition) is 0. The Kier molecular flexibility index (Phi) is 3.18. The fourth-order valence-corrected chi connectivity index (χ4v) is 2.06. The van der Waals surface area contributed by atoms with Crippen LogP contribution < -0.4 is 4.98 Å². The summed E-state index contributed by atoms with van der Waals surface area (Å²) in [4.78, 5) is 4.60. The number of fused-ring (bicyclic) bond motifs is 3. The van der Waals surface area contributed by atoms with Crippen molar-refractivity contribution in [3.8, 4) is 0 Å². The fourth-order valence-electron chi connectivity index (χ4n) is 2.06. The molecular weight excluding hydrogens is 271 g/mol. The summed E-state index contributed by atoms with van der Waals surface area (Å²) in [6.07, 6.45) is 0. The zero-order chi connectivity index (χ0) is 10.4. The molecule has 0 saturated heterocycles. The molecule has 0 N–H and O–H groups in total. The van der Waals surface area contributed by atoms with E-state index in [9.17, 15) is 0 Å². The van der Waals surface area contributed by atoms with Crippen LogP contribution in [-0.2, 0) is 32.7 Å². The molecule has 0 atom stereocenters. The third-order valence-corrected chi connectivity index (χ3v) is 2.84. The van der Waals surface area contributed by atoms with Crippen LogP contribution in [-0.4, -0.2) is 0 Å². The minimum atomic E-state index is 0. The third-order valence-electron chi connectivity index (χ3n) is 2.84. The number of rotatable bonds is 0. The molecular formula is C14H12NY-. The molecule has 0 amide bonds. The molecule has 0 spiro atoms. The zero-order valence-electron chi connectivity index (χ0n) is 9.49. The van der Waals surface area contributed by atoms with Crippen molar-refractivity contribution in [2.45, 2.75) is 13.8 Å². The van der Waals surface area contributed by atoms with Crippen LogP contribution in [0.25, 0.3) is 21.8 Å². The minimum absolute atomic E-state index is 0. The van der Waals surface area contributed by atoms with Crippen LogP contribution in [0, 0.1) is 13.8 Å². The Hall–Kier alpha value is -0.656. The summed E-state index contributed by atoms with van der Waals surface area (Å²) in [5, 5.41) is 2.54. The van der Waals surface area contributed by atoms with Gasteiger partial charge in [0.15, 0.2) is 0 Å². The summed E-state index contributed by atoms with van der Waals surface area (Å²) in [5.74, 6) is 0. The maximum Gasteiger partial charge on any atom is 0 e. The molecule has 2 heteroatoms. The predicted molar refractivity (Wildman–Crippen MR) is 64.2 cm³/mol. The van der Waals surface area contributed by atoms with Crippen LogP contribution in [0.5, 0.6) is 0 Å². The van der Waals surface area contributed by atoms with E-state index in [0.717, 1.165) is 11.0 Å². The fraction of sp³-hybridized carbons (Fsp3) is 0.143. The van der Waals surface area contributed by atoms with E-state index in [1.807, 2.05) is 0 Å². The van der Waals surface area contributed by atoms with Gasteiger partial charge in [-0.1, -0.05) is 47.5 Å². The molecule has 0 unspecified atom stereocenters.